The van der Waals surface area contributed by atoms with Gasteiger partial charge in [-0.2, -0.15) is 0 Å². The lowest BCUT2D eigenvalue weighted by Crippen LogP contribution is -1.92. The fourth-order valence-corrected chi connectivity index (χ4v) is 1.15. The first-order valence-electron chi connectivity index (χ1n) is 3.58. The Labute approximate surface area is 76.7 Å². The molecular formula is C9H11NOS. The molecule has 0 aliphatic heterocycles. The summed E-state index contributed by atoms with van der Waals surface area (Å²) >= 11 is 1.49. The van der Waals surface area contributed by atoms with Gasteiger partial charge in [0.15, 0.2) is 0 Å². The highest BCUT2D eigenvalue weighted by Crippen LogP contribution is 2.13. The first-order valence-corrected chi connectivity index (χ1v) is 4.81. The van der Waals surface area contributed by atoms with E-state index >= 15 is 0 Å². The third-order valence-corrected chi connectivity index (χ3v) is 1.93. The van der Waals surface area contributed by atoms with Gasteiger partial charge < -0.3 is 4.74 Å². The average molecular weight is 181 g/mol. The molecule has 0 saturated heterocycles. The fraction of sp³-hybridized carbons (Fsp3) is 0.222. The van der Waals surface area contributed by atoms with E-state index in [0.29, 0.717) is 5.23 Å². The Bertz CT molecular complexity index is 252. The van der Waals surface area contributed by atoms with Crippen LogP contribution in [-0.4, -0.2) is 18.6 Å². The molecule has 0 saturated carbocycles. The normalized spacial score (nSPS) is 11.3. The van der Waals surface area contributed by atoms with Gasteiger partial charge in [0.05, 0.1) is 12.8 Å². The summed E-state index contributed by atoms with van der Waals surface area (Å²) in [6.07, 6.45) is 1.94. The Morgan fingerprint density at radius 1 is 1.33 bits per heavy atom. The summed E-state index contributed by atoms with van der Waals surface area (Å²) < 4.78 is 5.02. The number of thioether (sulfide) groups is 1. The van der Waals surface area contributed by atoms with Crippen molar-refractivity contribution < 1.29 is 4.74 Å². The van der Waals surface area contributed by atoms with Gasteiger partial charge in [0.2, 0.25) is 5.23 Å². The molecule has 1 rings (SSSR count). The number of hydrogen-bond donors (Lipinski definition) is 0. The molecule has 3 heteroatoms. The van der Waals surface area contributed by atoms with Gasteiger partial charge in [-0.1, -0.05) is 30.0 Å². The maximum atomic E-state index is 5.02. The molecule has 0 aromatic heterocycles. The van der Waals surface area contributed by atoms with E-state index in [4.69, 9.17) is 4.74 Å². The first kappa shape index (κ1) is 9.13. The minimum atomic E-state index is 0.682. The number of methoxy groups -OCH3 is 1. The van der Waals surface area contributed by atoms with E-state index in [1.54, 1.807) is 7.11 Å². The molecule has 2 nitrogen and oxygen atoms in total. The van der Waals surface area contributed by atoms with E-state index in [2.05, 4.69) is 4.99 Å². The second kappa shape index (κ2) is 4.83. The average Bonchev–Trinajstić information content (AvgIpc) is 2.16. The third kappa shape index (κ3) is 2.58. The van der Waals surface area contributed by atoms with Crippen LogP contribution in [0.1, 0.15) is 0 Å². The Kier molecular flexibility index (Phi) is 3.67. The Balaban J connectivity index is 2.79. The maximum Gasteiger partial charge on any atom is 0.250 e. The number of nitrogens with zero attached hydrogens (tertiary/aromatic N) is 1. The highest BCUT2D eigenvalue weighted by atomic mass is 32.2. The largest absolute Gasteiger partial charge is 0.476 e. The van der Waals surface area contributed by atoms with E-state index in [9.17, 15) is 0 Å². The van der Waals surface area contributed by atoms with Crippen LogP contribution in [0.4, 0.5) is 5.69 Å². The highest BCUT2D eigenvalue weighted by molar-refractivity contribution is 8.12. The van der Waals surface area contributed by atoms with Crippen molar-refractivity contribution >= 4 is 22.7 Å². The summed E-state index contributed by atoms with van der Waals surface area (Å²) in [5.74, 6) is 0. The van der Waals surface area contributed by atoms with E-state index < -0.39 is 0 Å². The van der Waals surface area contributed by atoms with Crippen molar-refractivity contribution in [3.63, 3.8) is 0 Å². The second-order valence-electron chi connectivity index (χ2n) is 2.12. The Morgan fingerprint density at radius 3 is 2.50 bits per heavy atom. The van der Waals surface area contributed by atoms with Crippen molar-refractivity contribution in [2.24, 2.45) is 4.99 Å². The van der Waals surface area contributed by atoms with Crippen molar-refractivity contribution in [3.8, 4) is 0 Å². The minimum Gasteiger partial charge on any atom is -0.476 e. The van der Waals surface area contributed by atoms with Gasteiger partial charge in [-0.25, -0.2) is 4.99 Å². The van der Waals surface area contributed by atoms with E-state index in [1.807, 2.05) is 36.6 Å². The number of rotatable bonds is 1. The maximum absolute atomic E-state index is 5.02. The molecule has 12 heavy (non-hydrogen) atoms. The standard InChI is InChI=1S/C9H11NOS/c1-11-9(12-2)10-8-6-4-3-5-7-8/h3-7H,1-2H3. The number of ether oxygens (including phenoxy) is 1. The van der Waals surface area contributed by atoms with Gasteiger partial charge in [0, 0.05) is 0 Å². The van der Waals surface area contributed by atoms with Crippen molar-refractivity contribution in [1.82, 2.24) is 0 Å². The van der Waals surface area contributed by atoms with Crippen molar-refractivity contribution in [2.45, 2.75) is 0 Å². The molecular weight excluding hydrogens is 170 g/mol. The van der Waals surface area contributed by atoms with Gasteiger partial charge in [0.1, 0.15) is 0 Å². The first-order chi connectivity index (χ1) is 5.86. The lowest BCUT2D eigenvalue weighted by molar-refractivity contribution is 0.416. The molecule has 0 bridgehead atoms. The van der Waals surface area contributed by atoms with E-state index in [0.717, 1.165) is 5.69 Å². The van der Waals surface area contributed by atoms with Crippen LogP contribution in [0.25, 0.3) is 0 Å². The monoisotopic (exact) mass is 181 g/mol. The van der Waals surface area contributed by atoms with Crippen LogP contribution in [0.2, 0.25) is 0 Å². The molecule has 1 aromatic carbocycles. The van der Waals surface area contributed by atoms with Crippen molar-refractivity contribution in [1.29, 1.82) is 0 Å². The summed E-state index contributed by atoms with van der Waals surface area (Å²) in [6, 6.07) is 9.74. The van der Waals surface area contributed by atoms with Gasteiger partial charge in [0.25, 0.3) is 0 Å². The van der Waals surface area contributed by atoms with Crippen LogP contribution in [0.15, 0.2) is 35.3 Å². The predicted molar refractivity (Wildman–Crippen MR) is 54.1 cm³/mol. The number of benzene rings is 1. The van der Waals surface area contributed by atoms with Gasteiger partial charge in [-0.15, -0.1) is 0 Å². The minimum absolute atomic E-state index is 0.682. The molecule has 0 amide bonds. The predicted octanol–water partition coefficient (Wildman–Crippen LogP) is 2.68. The molecule has 0 spiro atoms. The molecule has 0 aliphatic rings. The lowest BCUT2D eigenvalue weighted by Gasteiger charge is -1.99. The van der Waals surface area contributed by atoms with E-state index in [1.165, 1.54) is 11.8 Å². The van der Waals surface area contributed by atoms with Gasteiger partial charge in [-0.3, -0.25) is 0 Å². The summed E-state index contributed by atoms with van der Waals surface area (Å²) in [5.41, 5.74) is 0.920. The summed E-state index contributed by atoms with van der Waals surface area (Å²) in [7, 11) is 1.62. The van der Waals surface area contributed by atoms with Crippen LogP contribution in [0, 0.1) is 0 Å². The number of aliphatic imine (C=N–C) groups is 1. The topological polar surface area (TPSA) is 21.6 Å². The zero-order chi connectivity index (χ0) is 8.81. The summed E-state index contributed by atoms with van der Waals surface area (Å²) in [5, 5.41) is 0.682. The molecule has 0 fully saturated rings. The Hall–Kier alpha value is -0.960. The lowest BCUT2D eigenvalue weighted by atomic mass is 10.3. The highest BCUT2D eigenvalue weighted by Gasteiger charge is 1.93. The van der Waals surface area contributed by atoms with Crippen LogP contribution < -0.4 is 0 Å². The molecule has 0 atom stereocenters. The van der Waals surface area contributed by atoms with E-state index in [-0.39, 0.29) is 0 Å². The van der Waals surface area contributed by atoms with Gasteiger partial charge >= 0.3 is 0 Å². The van der Waals surface area contributed by atoms with Crippen LogP contribution >= 0.6 is 11.8 Å². The molecule has 0 radical (unpaired) electrons. The molecule has 1 aromatic rings. The van der Waals surface area contributed by atoms with Crippen molar-refractivity contribution in [3.05, 3.63) is 30.3 Å². The number of hydrogen-bond acceptors (Lipinski definition) is 3. The molecule has 64 valence electrons. The van der Waals surface area contributed by atoms with Crippen LogP contribution in [0.3, 0.4) is 0 Å². The summed E-state index contributed by atoms with van der Waals surface area (Å²) in [6.45, 7) is 0. The zero-order valence-electron chi connectivity index (χ0n) is 7.15. The fourth-order valence-electron chi connectivity index (χ4n) is 0.783. The van der Waals surface area contributed by atoms with Crippen LogP contribution in [-0.2, 0) is 4.74 Å². The molecule has 0 aliphatic carbocycles. The molecule has 0 unspecified atom stereocenters. The number of para-hydroxylation sites is 1. The Morgan fingerprint density at radius 2 is 2.00 bits per heavy atom. The van der Waals surface area contributed by atoms with Crippen molar-refractivity contribution in [2.75, 3.05) is 13.4 Å². The van der Waals surface area contributed by atoms with Gasteiger partial charge in [-0.05, 0) is 18.4 Å². The zero-order valence-corrected chi connectivity index (χ0v) is 7.97. The third-order valence-electron chi connectivity index (χ3n) is 1.33. The SMILES string of the molecule is COC(=Nc1ccccc1)SC. The van der Waals surface area contributed by atoms with Crippen LogP contribution in [0.5, 0.6) is 0 Å². The smallest absolute Gasteiger partial charge is 0.250 e. The second-order valence-corrected chi connectivity index (χ2v) is 2.88. The molecule has 0 heterocycles. The molecule has 0 N–H and O–H groups in total. The quantitative estimate of drug-likeness (QED) is 0.490. The summed E-state index contributed by atoms with van der Waals surface area (Å²) in [4.78, 5) is 4.25.